The van der Waals surface area contributed by atoms with Crippen molar-refractivity contribution < 1.29 is 0 Å². The summed E-state index contributed by atoms with van der Waals surface area (Å²) in [7, 11) is 2.22. The predicted molar refractivity (Wildman–Crippen MR) is 93.6 cm³/mol. The Hall–Kier alpha value is -0.860. The van der Waals surface area contributed by atoms with Crippen LogP contribution in [0.3, 0.4) is 0 Å². The van der Waals surface area contributed by atoms with Gasteiger partial charge in [-0.3, -0.25) is 0 Å². The number of hydrogen-bond acceptors (Lipinski definition) is 2. The summed E-state index contributed by atoms with van der Waals surface area (Å²) in [5, 5.41) is 3.50. The van der Waals surface area contributed by atoms with Gasteiger partial charge in [-0.2, -0.15) is 0 Å². The lowest BCUT2D eigenvalue weighted by Crippen LogP contribution is -2.23. The van der Waals surface area contributed by atoms with Gasteiger partial charge in [-0.1, -0.05) is 58.4 Å². The van der Waals surface area contributed by atoms with Crippen LogP contribution < -0.4 is 5.32 Å². The number of benzene rings is 1. The van der Waals surface area contributed by atoms with E-state index in [0.29, 0.717) is 0 Å². The Morgan fingerprint density at radius 2 is 1.67 bits per heavy atom. The number of rotatable bonds is 10. The van der Waals surface area contributed by atoms with Crippen LogP contribution in [0, 0.1) is 11.8 Å². The van der Waals surface area contributed by atoms with Crippen LogP contribution in [-0.4, -0.2) is 31.6 Å². The zero-order chi connectivity index (χ0) is 15.7. The summed E-state index contributed by atoms with van der Waals surface area (Å²) in [6, 6.07) is 9.13. The first-order valence-electron chi connectivity index (χ1n) is 8.48. The molecule has 1 unspecified atom stereocenters. The molecule has 0 aromatic heterocycles. The quantitative estimate of drug-likeness (QED) is 0.656. The van der Waals surface area contributed by atoms with Gasteiger partial charge in [-0.25, -0.2) is 0 Å². The van der Waals surface area contributed by atoms with Crippen LogP contribution >= 0.6 is 0 Å². The van der Waals surface area contributed by atoms with Crippen LogP contribution in [0.2, 0.25) is 0 Å². The van der Waals surface area contributed by atoms with Crippen LogP contribution in [0.1, 0.15) is 45.2 Å². The van der Waals surface area contributed by atoms with E-state index in [1.807, 2.05) is 0 Å². The molecule has 0 heterocycles. The van der Waals surface area contributed by atoms with Crippen LogP contribution in [0.15, 0.2) is 24.3 Å². The zero-order valence-corrected chi connectivity index (χ0v) is 14.7. The van der Waals surface area contributed by atoms with Crippen molar-refractivity contribution in [3.05, 3.63) is 35.4 Å². The normalized spacial score (nSPS) is 13.1. The molecule has 0 aliphatic heterocycles. The van der Waals surface area contributed by atoms with E-state index in [9.17, 15) is 0 Å². The largest absolute Gasteiger partial charge is 0.316 e. The van der Waals surface area contributed by atoms with Crippen molar-refractivity contribution in [2.75, 3.05) is 26.7 Å². The van der Waals surface area contributed by atoms with Gasteiger partial charge in [0.2, 0.25) is 0 Å². The van der Waals surface area contributed by atoms with Gasteiger partial charge in [0.15, 0.2) is 0 Å². The van der Waals surface area contributed by atoms with Gasteiger partial charge in [0.05, 0.1) is 0 Å². The Balaban J connectivity index is 2.32. The minimum Gasteiger partial charge on any atom is -0.316 e. The van der Waals surface area contributed by atoms with Gasteiger partial charge in [0.1, 0.15) is 0 Å². The molecule has 0 saturated heterocycles. The van der Waals surface area contributed by atoms with Crippen molar-refractivity contribution >= 4 is 0 Å². The summed E-state index contributed by atoms with van der Waals surface area (Å²) in [4.78, 5) is 2.42. The first-order valence-corrected chi connectivity index (χ1v) is 8.48. The molecule has 2 heteroatoms. The van der Waals surface area contributed by atoms with E-state index in [1.165, 1.54) is 24.1 Å². The minimum absolute atomic E-state index is 0.730. The van der Waals surface area contributed by atoms with E-state index in [2.05, 4.69) is 69.2 Å². The number of nitrogens with zero attached hydrogens (tertiary/aromatic N) is 1. The highest BCUT2D eigenvalue weighted by atomic mass is 15.1. The third-order valence-electron chi connectivity index (χ3n) is 3.94. The number of hydrogen-bond donors (Lipinski definition) is 1. The van der Waals surface area contributed by atoms with E-state index < -0.39 is 0 Å². The number of nitrogens with one attached hydrogen (secondary N) is 1. The van der Waals surface area contributed by atoms with Crippen molar-refractivity contribution in [3.63, 3.8) is 0 Å². The molecule has 0 spiro atoms. The second-order valence-electron chi connectivity index (χ2n) is 6.87. The highest BCUT2D eigenvalue weighted by Crippen LogP contribution is 2.10. The molecule has 120 valence electrons. The maximum Gasteiger partial charge on any atom is 0.0230 e. The molecule has 0 aliphatic rings. The van der Waals surface area contributed by atoms with Gasteiger partial charge >= 0.3 is 0 Å². The molecular weight excluding hydrogens is 256 g/mol. The smallest absolute Gasteiger partial charge is 0.0230 e. The molecular formula is C19H34N2. The fraction of sp³-hybridized carbons (Fsp3) is 0.684. The van der Waals surface area contributed by atoms with Gasteiger partial charge in [0, 0.05) is 13.1 Å². The molecule has 1 aromatic carbocycles. The molecule has 0 saturated carbocycles. The maximum atomic E-state index is 3.50. The Labute approximate surface area is 131 Å². The average molecular weight is 290 g/mol. The van der Waals surface area contributed by atoms with Crippen molar-refractivity contribution in [3.8, 4) is 0 Å². The topological polar surface area (TPSA) is 15.3 Å². The monoisotopic (exact) mass is 290 g/mol. The van der Waals surface area contributed by atoms with E-state index in [1.54, 1.807) is 0 Å². The fourth-order valence-corrected chi connectivity index (χ4v) is 2.47. The summed E-state index contributed by atoms with van der Waals surface area (Å²) in [5.41, 5.74) is 2.85. The molecule has 1 atom stereocenters. The predicted octanol–water partition coefficient (Wildman–Crippen LogP) is 3.95. The summed E-state index contributed by atoms with van der Waals surface area (Å²) in [5.74, 6) is 1.51. The second kappa shape index (κ2) is 9.97. The third-order valence-corrected chi connectivity index (χ3v) is 3.94. The first kappa shape index (κ1) is 18.2. The van der Waals surface area contributed by atoms with E-state index in [4.69, 9.17) is 0 Å². The SMILES string of the molecule is CCC(C)CN(C)Cc1ccc(CCNCC(C)C)cc1. The zero-order valence-electron chi connectivity index (χ0n) is 14.7. The molecule has 1 rings (SSSR count). The van der Waals surface area contributed by atoms with Gasteiger partial charge in [-0.15, -0.1) is 0 Å². The average Bonchev–Trinajstić information content (AvgIpc) is 2.44. The van der Waals surface area contributed by atoms with Crippen molar-refractivity contribution in [2.24, 2.45) is 11.8 Å². The van der Waals surface area contributed by atoms with Crippen molar-refractivity contribution in [1.82, 2.24) is 10.2 Å². The third kappa shape index (κ3) is 8.23. The Morgan fingerprint density at radius 3 is 2.24 bits per heavy atom. The Kier molecular flexibility index (Phi) is 8.63. The standard InChI is InChI=1S/C19H34N2/c1-6-17(4)14-21(5)15-19-9-7-18(8-10-19)11-12-20-13-16(2)3/h7-10,16-17,20H,6,11-15H2,1-5H3. The molecule has 0 aliphatic carbocycles. The van der Waals surface area contributed by atoms with Crippen LogP contribution in [0.5, 0.6) is 0 Å². The molecule has 1 aromatic rings. The molecule has 1 N–H and O–H groups in total. The Morgan fingerprint density at radius 1 is 1.05 bits per heavy atom. The summed E-state index contributed by atoms with van der Waals surface area (Å²) in [6.45, 7) is 13.5. The van der Waals surface area contributed by atoms with E-state index >= 15 is 0 Å². The van der Waals surface area contributed by atoms with Crippen LogP contribution in [0.25, 0.3) is 0 Å². The highest BCUT2D eigenvalue weighted by Gasteiger charge is 2.05. The highest BCUT2D eigenvalue weighted by molar-refractivity contribution is 5.22. The summed E-state index contributed by atoms with van der Waals surface area (Å²) < 4.78 is 0. The lowest BCUT2D eigenvalue weighted by molar-refractivity contribution is 0.275. The maximum absolute atomic E-state index is 3.50. The van der Waals surface area contributed by atoms with Gasteiger partial charge in [-0.05, 0) is 49.5 Å². The molecule has 0 radical (unpaired) electrons. The Bertz CT molecular complexity index is 370. The first-order chi connectivity index (χ1) is 10.0. The van der Waals surface area contributed by atoms with Crippen molar-refractivity contribution in [1.29, 1.82) is 0 Å². The van der Waals surface area contributed by atoms with Crippen LogP contribution in [-0.2, 0) is 13.0 Å². The molecule has 0 fully saturated rings. The summed E-state index contributed by atoms with van der Waals surface area (Å²) in [6.07, 6.45) is 2.38. The van der Waals surface area contributed by atoms with E-state index in [-0.39, 0.29) is 0 Å². The second-order valence-corrected chi connectivity index (χ2v) is 6.87. The van der Waals surface area contributed by atoms with Crippen molar-refractivity contribution in [2.45, 2.75) is 47.1 Å². The fourth-order valence-electron chi connectivity index (χ4n) is 2.47. The van der Waals surface area contributed by atoms with Crippen LogP contribution in [0.4, 0.5) is 0 Å². The van der Waals surface area contributed by atoms with Gasteiger partial charge in [0.25, 0.3) is 0 Å². The lowest BCUT2D eigenvalue weighted by atomic mass is 10.1. The lowest BCUT2D eigenvalue weighted by Gasteiger charge is -2.20. The minimum atomic E-state index is 0.730. The molecule has 0 amide bonds. The molecule has 2 nitrogen and oxygen atoms in total. The molecule has 21 heavy (non-hydrogen) atoms. The molecule has 0 bridgehead atoms. The summed E-state index contributed by atoms with van der Waals surface area (Å²) >= 11 is 0. The van der Waals surface area contributed by atoms with Gasteiger partial charge < -0.3 is 10.2 Å². The van der Waals surface area contributed by atoms with E-state index in [0.717, 1.165) is 37.9 Å².